The third-order valence-electron chi connectivity index (χ3n) is 3.10. The Kier molecular flexibility index (Phi) is 3.77. The third kappa shape index (κ3) is 2.76. The van der Waals surface area contributed by atoms with Crippen molar-refractivity contribution in [1.82, 2.24) is 14.8 Å². The summed E-state index contributed by atoms with van der Waals surface area (Å²) in [4.78, 5) is 4.14. The van der Waals surface area contributed by atoms with Gasteiger partial charge in [0, 0.05) is 31.1 Å². The van der Waals surface area contributed by atoms with Crippen LogP contribution in [0.3, 0.4) is 0 Å². The van der Waals surface area contributed by atoms with Crippen molar-refractivity contribution in [2.24, 2.45) is 7.05 Å². The molecule has 18 heavy (non-hydrogen) atoms. The molecule has 0 spiro atoms. The van der Waals surface area contributed by atoms with E-state index in [0.717, 1.165) is 29.1 Å². The summed E-state index contributed by atoms with van der Waals surface area (Å²) < 4.78 is 1.84. The number of hydrogen-bond donors (Lipinski definition) is 1. The zero-order chi connectivity index (χ0) is 13.1. The Hall–Kier alpha value is -1.68. The topological polar surface area (TPSA) is 50.9 Å². The highest BCUT2D eigenvalue weighted by Gasteiger charge is 2.12. The first-order valence-corrected chi connectivity index (χ1v) is 6.22. The fourth-order valence-electron chi connectivity index (χ4n) is 2.03. The summed E-state index contributed by atoms with van der Waals surface area (Å²) in [5, 5.41) is 14.6. The summed E-state index contributed by atoms with van der Waals surface area (Å²) >= 11 is 0. The van der Waals surface area contributed by atoms with E-state index in [1.807, 2.05) is 30.8 Å². The minimum Gasteiger partial charge on any atom is -0.388 e. The third-order valence-corrected chi connectivity index (χ3v) is 3.10. The molecule has 0 aliphatic rings. The van der Waals surface area contributed by atoms with Crippen LogP contribution in [-0.4, -0.2) is 19.9 Å². The molecule has 2 rings (SSSR count). The summed E-state index contributed by atoms with van der Waals surface area (Å²) in [5.41, 5.74) is 3.94. The molecule has 0 amide bonds. The Morgan fingerprint density at radius 2 is 2.17 bits per heavy atom. The Labute approximate surface area is 107 Å². The van der Waals surface area contributed by atoms with Gasteiger partial charge in [0.15, 0.2) is 0 Å². The predicted molar refractivity (Wildman–Crippen MR) is 70.2 cm³/mol. The second kappa shape index (κ2) is 5.31. The fraction of sp³-hybridized carbons (Fsp3) is 0.429. The second-order valence-corrected chi connectivity index (χ2v) is 4.55. The number of aromatic nitrogens is 3. The van der Waals surface area contributed by atoms with Crippen LogP contribution in [0.15, 0.2) is 24.4 Å². The van der Waals surface area contributed by atoms with E-state index in [0.29, 0.717) is 6.42 Å². The highest BCUT2D eigenvalue weighted by Crippen LogP contribution is 2.18. The Bertz CT molecular complexity index is 534. The maximum Gasteiger partial charge on any atom is 0.0846 e. The number of aliphatic hydroxyl groups is 1. The minimum absolute atomic E-state index is 0.508. The average Bonchev–Trinajstić information content (AvgIpc) is 2.70. The largest absolute Gasteiger partial charge is 0.388 e. The standard InChI is InChI=1S/C14H19N3O/c1-4-12-8-13(17(3)16-12)9-14(18)11-5-6-15-10(2)7-11/h5-8,14,18H,4,9H2,1-3H3. The zero-order valence-electron chi connectivity index (χ0n) is 11.1. The van der Waals surface area contributed by atoms with Crippen LogP contribution in [-0.2, 0) is 19.9 Å². The molecule has 1 N–H and O–H groups in total. The van der Waals surface area contributed by atoms with Gasteiger partial charge in [-0.3, -0.25) is 9.67 Å². The molecule has 0 aliphatic carbocycles. The van der Waals surface area contributed by atoms with Gasteiger partial charge in [-0.1, -0.05) is 6.92 Å². The van der Waals surface area contributed by atoms with Gasteiger partial charge >= 0.3 is 0 Å². The SMILES string of the molecule is CCc1cc(CC(O)c2ccnc(C)c2)n(C)n1. The van der Waals surface area contributed by atoms with Gasteiger partial charge in [-0.2, -0.15) is 5.10 Å². The molecular formula is C14H19N3O. The smallest absolute Gasteiger partial charge is 0.0846 e. The lowest BCUT2D eigenvalue weighted by atomic mass is 10.1. The lowest BCUT2D eigenvalue weighted by molar-refractivity contribution is 0.175. The van der Waals surface area contributed by atoms with Gasteiger partial charge in [-0.15, -0.1) is 0 Å². The summed E-state index contributed by atoms with van der Waals surface area (Å²) in [5.74, 6) is 0. The molecule has 2 heterocycles. The van der Waals surface area contributed by atoms with Crippen LogP contribution in [0.25, 0.3) is 0 Å². The molecule has 2 aromatic rings. The highest BCUT2D eigenvalue weighted by molar-refractivity contribution is 5.21. The average molecular weight is 245 g/mol. The monoisotopic (exact) mass is 245 g/mol. The Balaban J connectivity index is 2.15. The van der Waals surface area contributed by atoms with E-state index in [-0.39, 0.29) is 0 Å². The van der Waals surface area contributed by atoms with Crippen molar-refractivity contribution in [2.45, 2.75) is 32.8 Å². The van der Waals surface area contributed by atoms with Gasteiger partial charge in [0.2, 0.25) is 0 Å². The molecule has 1 atom stereocenters. The normalized spacial score (nSPS) is 12.7. The van der Waals surface area contributed by atoms with E-state index in [1.165, 1.54) is 0 Å². The van der Waals surface area contributed by atoms with Crippen LogP contribution in [0, 0.1) is 6.92 Å². The molecule has 4 heteroatoms. The molecule has 0 aromatic carbocycles. The number of hydrogen-bond acceptors (Lipinski definition) is 3. The molecule has 1 unspecified atom stereocenters. The Morgan fingerprint density at radius 3 is 2.78 bits per heavy atom. The van der Waals surface area contributed by atoms with Crippen LogP contribution in [0.5, 0.6) is 0 Å². The van der Waals surface area contributed by atoms with Crippen LogP contribution < -0.4 is 0 Å². The number of rotatable bonds is 4. The van der Waals surface area contributed by atoms with Crippen LogP contribution in [0.4, 0.5) is 0 Å². The van der Waals surface area contributed by atoms with Crippen molar-refractivity contribution < 1.29 is 5.11 Å². The van der Waals surface area contributed by atoms with Crippen molar-refractivity contribution in [3.63, 3.8) is 0 Å². The lowest BCUT2D eigenvalue weighted by Gasteiger charge is -2.11. The van der Waals surface area contributed by atoms with Gasteiger partial charge in [0.05, 0.1) is 11.8 Å². The summed E-state index contributed by atoms with van der Waals surface area (Å²) in [6, 6.07) is 5.83. The van der Waals surface area contributed by atoms with E-state index in [1.54, 1.807) is 6.20 Å². The van der Waals surface area contributed by atoms with Crippen LogP contribution in [0.1, 0.15) is 35.7 Å². The molecule has 0 radical (unpaired) electrons. The number of aryl methyl sites for hydroxylation is 3. The van der Waals surface area contributed by atoms with Crippen molar-refractivity contribution in [3.05, 3.63) is 47.0 Å². The molecule has 96 valence electrons. The van der Waals surface area contributed by atoms with Gasteiger partial charge in [-0.25, -0.2) is 0 Å². The molecule has 0 saturated heterocycles. The molecule has 0 aliphatic heterocycles. The Morgan fingerprint density at radius 1 is 1.39 bits per heavy atom. The predicted octanol–water partition coefficient (Wildman–Crippen LogP) is 1.96. The van der Waals surface area contributed by atoms with E-state index >= 15 is 0 Å². The molecule has 0 saturated carbocycles. The number of nitrogens with zero attached hydrogens (tertiary/aromatic N) is 3. The highest BCUT2D eigenvalue weighted by atomic mass is 16.3. The van der Waals surface area contributed by atoms with Crippen LogP contribution >= 0.6 is 0 Å². The summed E-state index contributed by atoms with van der Waals surface area (Å²) in [6.07, 6.45) is 2.71. The zero-order valence-corrected chi connectivity index (χ0v) is 11.1. The number of pyridine rings is 1. The van der Waals surface area contributed by atoms with E-state index in [2.05, 4.69) is 23.1 Å². The van der Waals surface area contributed by atoms with Gasteiger partial charge < -0.3 is 5.11 Å². The van der Waals surface area contributed by atoms with Gasteiger partial charge in [-0.05, 0) is 37.1 Å². The van der Waals surface area contributed by atoms with E-state index in [9.17, 15) is 5.11 Å². The molecule has 2 aromatic heterocycles. The molecular weight excluding hydrogens is 226 g/mol. The molecule has 0 bridgehead atoms. The maximum atomic E-state index is 10.2. The van der Waals surface area contributed by atoms with Crippen molar-refractivity contribution in [3.8, 4) is 0 Å². The quantitative estimate of drug-likeness (QED) is 0.896. The first-order chi connectivity index (χ1) is 8.60. The van der Waals surface area contributed by atoms with E-state index in [4.69, 9.17) is 0 Å². The van der Waals surface area contributed by atoms with Crippen molar-refractivity contribution >= 4 is 0 Å². The van der Waals surface area contributed by atoms with Crippen molar-refractivity contribution in [2.75, 3.05) is 0 Å². The van der Waals surface area contributed by atoms with Crippen LogP contribution in [0.2, 0.25) is 0 Å². The summed E-state index contributed by atoms with van der Waals surface area (Å²) in [7, 11) is 1.92. The fourth-order valence-corrected chi connectivity index (χ4v) is 2.03. The van der Waals surface area contributed by atoms with Gasteiger partial charge in [0.1, 0.15) is 0 Å². The first kappa shape index (κ1) is 12.8. The molecule has 0 fully saturated rings. The number of aliphatic hydroxyl groups excluding tert-OH is 1. The second-order valence-electron chi connectivity index (χ2n) is 4.55. The van der Waals surface area contributed by atoms with Gasteiger partial charge in [0.25, 0.3) is 0 Å². The minimum atomic E-state index is -0.508. The first-order valence-electron chi connectivity index (χ1n) is 6.22. The summed E-state index contributed by atoms with van der Waals surface area (Å²) in [6.45, 7) is 4.00. The van der Waals surface area contributed by atoms with E-state index < -0.39 is 6.10 Å². The maximum absolute atomic E-state index is 10.2. The van der Waals surface area contributed by atoms with Crippen molar-refractivity contribution in [1.29, 1.82) is 0 Å². The molecule has 4 nitrogen and oxygen atoms in total. The lowest BCUT2D eigenvalue weighted by Crippen LogP contribution is -2.06.